The Labute approximate surface area is 168 Å². The number of fused-ring (bicyclic) bond motifs is 4. The van der Waals surface area contributed by atoms with Gasteiger partial charge in [-0.15, -0.1) is 5.10 Å². The molecule has 0 aliphatic heterocycles. The first-order valence-corrected chi connectivity index (χ1v) is 9.87. The van der Waals surface area contributed by atoms with Gasteiger partial charge in [0, 0.05) is 23.4 Å². The summed E-state index contributed by atoms with van der Waals surface area (Å²) >= 11 is 7.43. The number of para-hydroxylation sites is 1. The lowest BCUT2D eigenvalue weighted by molar-refractivity contribution is 0.796. The summed E-state index contributed by atoms with van der Waals surface area (Å²) in [7, 11) is 0. The molecule has 0 amide bonds. The first-order valence-electron chi connectivity index (χ1n) is 8.51. The fraction of sp³-hybridized carbons (Fsp3) is 0.105. The topological polar surface area (TPSA) is 77.5 Å². The summed E-state index contributed by atoms with van der Waals surface area (Å²) in [5.74, 6) is 1.16. The standard InChI is InChI=1S/C19H13ClN6OS/c1-11-21-18-14-4-2-3-5-15(14)23-19(26(18)24-11)28-10-13-8-17(27)25-9-12(20)6-7-16(25)22-13/h2-9H,10H2,1H3. The molecular weight excluding hydrogens is 396 g/mol. The summed E-state index contributed by atoms with van der Waals surface area (Å²) in [4.78, 5) is 26.2. The molecule has 0 unspecified atom stereocenters. The Balaban J connectivity index is 1.56. The number of benzene rings is 1. The zero-order valence-electron chi connectivity index (χ0n) is 14.7. The van der Waals surface area contributed by atoms with E-state index < -0.39 is 0 Å². The second kappa shape index (κ2) is 6.57. The van der Waals surface area contributed by atoms with Gasteiger partial charge in [-0.1, -0.05) is 35.5 Å². The molecule has 5 aromatic rings. The maximum atomic E-state index is 12.4. The van der Waals surface area contributed by atoms with Gasteiger partial charge in [-0.2, -0.15) is 4.52 Å². The monoisotopic (exact) mass is 408 g/mol. The Kier molecular flexibility index (Phi) is 4.03. The van der Waals surface area contributed by atoms with Gasteiger partial charge in [0.05, 0.1) is 16.2 Å². The van der Waals surface area contributed by atoms with Crippen LogP contribution in [-0.4, -0.2) is 29.0 Å². The quantitative estimate of drug-likeness (QED) is 0.335. The van der Waals surface area contributed by atoms with Crippen LogP contribution in [0, 0.1) is 6.92 Å². The predicted molar refractivity (Wildman–Crippen MR) is 109 cm³/mol. The van der Waals surface area contributed by atoms with Gasteiger partial charge in [0.15, 0.2) is 10.8 Å². The van der Waals surface area contributed by atoms with E-state index in [1.165, 1.54) is 22.2 Å². The number of thioether (sulfide) groups is 1. The van der Waals surface area contributed by atoms with Gasteiger partial charge in [-0.05, 0) is 31.2 Å². The third kappa shape index (κ3) is 2.90. The van der Waals surface area contributed by atoms with Crippen LogP contribution < -0.4 is 5.56 Å². The number of rotatable bonds is 3. The Morgan fingerprint density at radius 1 is 1.11 bits per heavy atom. The molecule has 0 atom stereocenters. The molecule has 0 aliphatic carbocycles. The fourth-order valence-electron chi connectivity index (χ4n) is 3.07. The molecule has 28 heavy (non-hydrogen) atoms. The highest BCUT2D eigenvalue weighted by Crippen LogP contribution is 2.25. The van der Waals surface area contributed by atoms with Crippen LogP contribution in [0.25, 0.3) is 22.2 Å². The van der Waals surface area contributed by atoms with E-state index in [0.717, 1.165) is 16.6 Å². The van der Waals surface area contributed by atoms with Crippen molar-refractivity contribution in [2.45, 2.75) is 17.8 Å². The summed E-state index contributed by atoms with van der Waals surface area (Å²) < 4.78 is 3.18. The van der Waals surface area contributed by atoms with Gasteiger partial charge in [-0.3, -0.25) is 9.20 Å². The zero-order valence-corrected chi connectivity index (χ0v) is 16.3. The van der Waals surface area contributed by atoms with Crippen molar-refractivity contribution in [2.24, 2.45) is 0 Å². The minimum absolute atomic E-state index is 0.170. The zero-order chi connectivity index (χ0) is 19.3. The van der Waals surface area contributed by atoms with Crippen molar-refractivity contribution >= 4 is 45.6 Å². The largest absolute Gasteiger partial charge is 0.269 e. The summed E-state index contributed by atoms with van der Waals surface area (Å²) in [5.41, 5.74) is 2.67. The average Bonchev–Trinajstić information content (AvgIpc) is 3.08. The smallest absolute Gasteiger partial charge is 0.258 e. The van der Waals surface area contributed by atoms with Crippen molar-refractivity contribution in [1.29, 1.82) is 0 Å². The predicted octanol–water partition coefficient (Wildman–Crippen LogP) is 3.54. The molecule has 0 spiro atoms. The number of aromatic nitrogens is 6. The van der Waals surface area contributed by atoms with Crippen molar-refractivity contribution in [3.05, 3.63) is 75.6 Å². The molecule has 5 rings (SSSR count). The molecule has 0 radical (unpaired) electrons. The molecule has 1 aromatic carbocycles. The van der Waals surface area contributed by atoms with Crippen molar-refractivity contribution in [3.63, 3.8) is 0 Å². The molecule has 4 aromatic heterocycles. The van der Waals surface area contributed by atoms with E-state index >= 15 is 0 Å². The van der Waals surface area contributed by atoms with Gasteiger partial charge in [0.2, 0.25) is 0 Å². The first-order chi connectivity index (χ1) is 13.6. The summed E-state index contributed by atoms with van der Waals surface area (Å²) in [6, 6.07) is 12.8. The minimum atomic E-state index is -0.170. The normalized spacial score (nSPS) is 11.6. The van der Waals surface area contributed by atoms with Crippen LogP contribution in [0.5, 0.6) is 0 Å². The first kappa shape index (κ1) is 17.2. The average molecular weight is 409 g/mol. The molecule has 0 saturated heterocycles. The van der Waals surface area contributed by atoms with E-state index in [9.17, 15) is 4.79 Å². The Morgan fingerprint density at radius 3 is 2.86 bits per heavy atom. The maximum Gasteiger partial charge on any atom is 0.258 e. The van der Waals surface area contributed by atoms with Crippen molar-refractivity contribution in [3.8, 4) is 0 Å². The molecule has 0 aliphatic rings. The van der Waals surface area contributed by atoms with E-state index in [0.29, 0.717) is 33.1 Å². The van der Waals surface area contributed by atoms with E-state index in [4.69, 9.17) is 16.6 Å². The number of hydrogen-bond acceptors (Lipinski definition) is 6. The summed E-state index contributed by atoms with van der Waals surface area (Å²) in [6.07, 6.45) is 1.57. The van der Waals surface area contributed by atoms with Gasteiger partial charge < -0.3 is 0 Å². The Bertz CT molecular complexity index is 1430. The van der Waals surface area contributed by atoms with Gasteiger partial charge in [0.25, 0.3) is 5.56 Å². The molecule has 0 fully saturated rings. The highest BCUT2D eigenvalue weighted by atomic mass is 35.5. The van der Waals surface area contributed by atoms with Gasteiger partial charge in [-0.25, -0.2) is 15.0 Å². The molecule has 0 bridgehead atoms. The van der Waals surface area contributed by atoms with E-state index in [-0.39, 0.29) is 5.56 Å². The van der Waals surface area contributed by atoms with Crippen LogP contribution in [0.15, 0.2) is 58.6 Å². The SMILES string of the molecule is Cc1nc2c3ccccc3nc(SCc3cc(=O)n4cc(Cl)ccc4n3)n2n1. The lowest BCUT2D eigenvalue weighted by atomic mass is 10.2. The highest BCUT2D eigenvalue weighted by molar-refractivity contribution is 7.98. The maximum absolute atomic E-state index is 12.4. The van der Waals surface area contributed by atoms with Crippen LogP contribution in [-0.2, 0) is 5.75 Å². The summed E-state index contributed by atoms with van der Waals surface area (Å²) in [6.45, 7) is 1.85. The van der Waals surface area contributed by atoms with Gasteiger partial charge in [0.1, 0.15) is 11.5 Å². The molecule has 138 valence electrons. The van der Waals surface area contributed by atoms with Crippen LogP contribution in [0.4, 0.5) is 0 Å². The number of aryl methyl sites for hydroxylation is 1. The number of halogens is 1. The summed E-state index contributed by atoms with van der Waals surface area (Å²) in [5, 5.41) is 6.61. The molecule has 0 N–H and O–H groups in total. The molecule has 4 heterocycles. The number of nitrogens with zero attached hydrogens (tertiary/aromatic N) is 6. The van der Waals surface area contributed by atoms with Crippen molar-refractivity contribution < 1.29 is 0 Å². The van der Waals surface area contributed by atoms with Crippen LogP contribution in [0.2, 0.25) is 5.02 Å². The number of hydrogen-bond donors (Lipinski definition) is 0. The van der Waals surface area contributed by atoms with Crippen molar-refractivity contribution in [1.82, 2.24) is 29.0 Å². The highest BCUT2D eigenvalue weighted by Gasteiger charge is 2.13. The van der Waals surface area contributed by atoms with E-state index in [1.807, 2.05) is 31.2 Å². The van der Waals surface area contributed by atoms with Crippen LogP contribution >= 0.6 is 23.4 Å². The minimum Gasteiger partial charge on any atom is -0.269 e. The molecule has 9 heteroatoms. The molecular formula is C19H13ClN6OS. The lowest BCUT2D eigenvalue weighted by Gasteiger charge is -2.07. The Morgan fingerprint density at radius 2 is 1.96 bits per heavy atom. The lowest BCUT2D eigenvalue weighted by Crippen LogP contribution is -2.15. The second-order valence-corrected chi connectivity index (χ2v) is 7.63. The fourth-order valence-corrected chi connectivity index (χ4v) is 4.06. The third-order valence-corrected chi connectivity index (χ3v) is 5.47. The van der Waals surface area contributed by atoms with Crippen LogP contribution in [0.1, 0.15) is 11.5 Å². The van der Waals surface area contributed by atoms with Crippen molar-refractivity contribution in [2.75, 3.05) is 0 Å². The Hall–Kier alpha value is -2.97. The van der Waals surface area contributed by atoms with E-state index in [1.54, 1.807) is 22.8 Å². The molecule has 7 nitrogen and oxygen atoms in total. The van der Waals surface area contributed by atoms with E-state index in [2.05, 4.69) is 15.1 Å². The number of pyridine rings is 1. The van der Waals surface area contributed by atoms with Gasteiger partial charge >= 0.3 is 0 Å². The second-order valence-electron chi connectivity index (χ2n) is 6.26. The molecule has 0 saturated carbocycles. The van der Waals surface area contributed by atoms with Crippen LogP contribution in [0.3, 0.4) is 0 Å². The third-order valence-electron chi connectivity index (χ3n) is 4.28.